The molecule has 102 valence electrons. The number of benzene rings is 1. The number of hydrogen-bond donors (Lipinski definition) is 1. The van der Waals surface area contributed by atoms with Crippen LogP contribution in [-0.2, 0) is 13.2 Å². The molecule has 0 amide bonds. The molecule has 4 nitrogen and oxygen atoms in total. The molecule has 0 spiro atoms. The minimum absolute atomic E-state index is 0.425. The lowest BCUT2D eigenvalue weighted by Gasteiger charge is -2.08. The van der Waals surface area contributed by atoms with Crippen molar-refractivity contribution in [3.63, 3.8) is 0 Å². The molecule has 1 atom stereocenters. The summed E-state index contributed by atoms with van der Waals surface area (Å²) in [6, 6.07) is 10.3. The van der Waals surface area contributed by atoms with Crippen LogP contribution in [0.3, 0.4) is 0 Å². The van der Waals surface area contributed by atoms with E-state index in [1.807, 2.05) is 41.2 Å². The Labute approximate surface area is 114 Å². The first-order valence-electron chi connectivity index (χ1n) is 6.68. The van der Waals surface area contributed by atoms with Gasteiger partial charge < -0.3 is 10.5 Å². The van der Waals surface area contributed by atoms with Gasteiger partial charge in [-0.1, -0.05) is 19.1 Å². The highest BCUT2D eigenvalue weighted by atomic mass is 16.5. The lowest BCUT2D eigenvalue weighted by Crippen LogP contribution is -2.06. The third-order valence-corrected chi connectivity index (χ3v) is 3.23. The summed E-state index contributed by atoms with van der Waals surface area (Å²) in [5.41, 5.74) is 7.62. The molecule has 0 bridgehead atoms. The summed E-state index contributed by atoms with van der Waals surface area (Å²) < 4.78 is 7.71. The molecule has 1 heterocycles. The van der Waals surface area contributed by atoms with E-state index in [0.717, 1.165) is 23.4 Å². The van der Waals surface area contributed by atoms with Gasteiger partial charge in [0.2, 0.25) is 0 Å². The second kappa shape index (κ2) is 6.38. The second-order valence-corrected chi connectivity index (χ2v) is 4.68. The second-order valence-electron chi connectivity index (χ2n) is 4.68. The van der Waals surface area contributed by atoms with Crippen molar-refractivity contribution in [1.82, 2.24) is 9.78 Å². The molecular weight excluding hydrogens is 238 g/mol. The van der Waals surface area contributed by atoms with Crippen molar-refractivity contribution >= 4 is 0 Å². The summed E-state index contributed by atoms with van der Waals surface area (Å²) in [4.78, 5) is 0. The molecular formula is C15H21N3O. The highest BCUT2D eigenvalue weighted by Gasteiger charge is 2.05. The van der Waals surface area contributed by atoms with Crippen molar-refractivity contribution < 1.29 is 4.74 Å². The number of nitrogens with zero attached hydrogens (tertiary/aromatic N) is 2. The Balaban J connectivity index is 1.96. The fourth-order valence-electron chi connectivity index (χ4n) is 1.81. The predicted octanol–water partition coefficient (Wildman–Crippen LogP) is 2.89. The first kappa shape index (κ1) is 13.6. The van der Waals surface area contributed by atoms with Crippen LogP contribution in [0, 0.1) is 0 Å². The monoisotopic (exact) mass is 259 g/mol. The number of aromatic nitrogens is 2. The van der Waals surface area contributed by atoms with Gasteiger partial charge in [0.25, 0.3) is 0 Å². The highest BCUT2D eigenvalue weighted by molar-refractivity contribution is 5.28. The van der Waals surface area contributed by atoms with Crippen molar-refractivity contribution in [3.8, 4) is 5.75 Å². The zero-order valence-corrected chi connectivity index (χ0v) is 11.5. The summed E-state index contributed by atoms with van der Waals surface area (Å²) in [7, 11) is 0. The number of ether oxygens (including phenoxy) is 1. The number of rotatable bonds is 6. The molecule has 0 aliphatic rings. The van der Waals surface area contributed by atoms with E-state index in [-0.39, 0.29) is 0 Å². The number of nitrogens with two attached hydrogens (primary N) is 1. The van der Waals surface area contributed by atoms with Crippen molar-refractivity contribution in [2.45, 2.75) is 39.5 Å². The molecule has 0 radical (unpaired) electrons. The molecule has 0 fully saturated rings. The van der Waals surface area contributed by atoms with Crippen LogP contribution in [0.2, 0.25) is 0 Å². The lowest BCUT2D eigenvalue weighted by molar-refractivity contribution is 0.298. The van der Waals surface area contributed by atoms with Gasteiger partial charge in [0.1, 0.15) is 12.4 Å². The topological polar surface area (TPSA) is 53.1 Å². The molecule has 2 rings (SSSR count). The maximum atomic E-state index is 5.73. The molecule has 0 saturated carbocycles. The summed E-state index contributed by atoms with van der Waals surface area (Å²) >= 11 is 0. The van der Waals surface area contributed by atoms with Gasteiger partial charge in [-0.25, -0.2) is 0 Å². The third kappa shape index (κ3) is 3.58. The molecule has 2 aromatic rings. The molecule has 1 aromatic carbocycles. The van der Waals surface area contributed by atoms with Crippen LogP contribution in [0.1, 0.15) is 37.6 Å². The van der Waals surface area contributed by atoms with E-state index in [0.29, 0.717) is 19.2 Å². The van der Waals surface area contributed by atoms with Gasteiger partial charge in [0, 0.05) is 18.8 Å². The van der Waals surface area contributed by atoms with E-state index < -0.39 is 0 Å². The fourth-order valence-corrected chi connectivity index (χ4v) is 1.81. The van der Waals surface area contributed by atoms with E-state index in [4.69, 9.17) is 10.5 Å². The van der Waals surface area contributed by atoms with Crippen molar-refractivity contribution in [3.05, 3.63) is 47.8 Å². The molecule has 4 heteroatoms. The summed E-state index contributed by atoms with van der Waals surface area (Å²) in [6.07, 6.45) is 3.07. The first-order valence-corrected chi connectivity index (χ1v) is 6.68. The SMILES string of the molecule is CCC(C)n1ccc(COc2cccc(CN)c2)n1. The van der Waals surface area contributed by atoms with E-state index >= 15 is 0 Å². The smallest absolute Gasteiger partial charge is 0.132 e. The number of hydrogen-bond acceptors (Lipinski definition) is 3. The molecule has 0 saturated heterocycles. The predicted molar refractivity (Wildman–Crippen MR) is 75.9 cm³/mol. The van der Waals surface area contributed by atoms with Crippen molar-refractivity contribution in [2.75, 3.05) is 0 Å². The Morgan fingerprint density at radius 2 is 2.21 bits per heavy atom. The maximum Gasteiger partial charge on any atom is 0.132 e. The van der Waals surface area contributed by atoms with E-state index in [1.165, 1.54) is 0 Å². The largest absolute Gasteiger partial charge is 0.487 e. The Morgan fingerprint density at radius 1 is 1.37 bits per heavy atom. The van der Waals surface area contributed by atoms with Crippen LogP contribution in [0.5, 0.6) is 5.75 Å². The Kier molecular flexibility index (Phi) is 4.58. The summed E-state index contributed by atoms with van der Waals surface area (Å²) in [5, 5.41) is 4.51. The van der Waals surface area contributed by atoms with Crippen LogP contribution in [0.15, 0.2) is 36.5 Å². The van der Waals surface area contributed by atoms with Gasteiger partial charge in [0.05, 0.1) is 5.69 Å². The average Bonchev–Trinajstić information content (AvgIpc) is 2.93. The Hall–Kier alpha value is -1.81. The van der Waals surface area contributed by atoms with Gasteiger partial charge in [-0.3, -0.25) is 4.68 Å². The summed E-state index contributed by atoms with van der Waals surface area (Å²) in [5.74, 6) is 0.834. The van der Waals surface area contributed by atoms with Gasteiger partial charge in [-0.2, -0.15) is 5.10 Å². The first-order chi connectivity index (χ1) is 9.22. The Bertz CT molecular complexity index is 522. The van der Waals surface area contributed by atoms with Gasteiger partial charge >= 0.3 is 0 Å². The molecule has 2 N–H and O–H groups in total. The van der Waals surface area contributed by atoms with Crippen molar-refractivity contribution in [2.24, 2.45) is 5.73 Å². The van der Waals surface area contributed by atoms with Gasteiger partial charge in [0.15, 0.2) is 0 Å². The minimum atomic E-state index is 0.425. The fraction of sp³-hybridized carbons (Fsp3) is 0.400. The zero-order chi connectivity index (χ0) is 13.7. The third-order valence-electron chi connectivity index (χ3n) is 3.23. The van der Waals surface area contributed by atoms with Crippen LogP contribution in [0.25, 0.3) is 0 Å². The quantitative estimate of drug-likeness (QED) is 0.867. The average molecular weight is 259 g/mol. The van der Waals surface area contributed by atoms with Crippen LogP contribution < -0.4 is 10.5 Å². The summed E-state index contributed by atoms with van der Waals surface area (Å²) in [6.45, 7) is 5.32. The van der Waals surface area contributed by atoms with Crippen LogP contribution in [0.4, 0.5) is 0 Å². The van der Waals surface area contributed by atoms with E-state index in [2.05, 4.69) is 18.9 Å². The standard InChI is InChI=1S/C15H21N3O/c1-3-12(2)18-8-7-14(17-18)11-19-15-6-4-5-13(9-15)10-16/h4-9,12H,3,10-11,16H2,1-2H3. The minimum Gasteiger partial charge on any atom is -0.487 e. The molecule has 19 heavy (non-hydrogen) atoms. The van der Waals surface area contributed by atoms with Crippen LogP contribution in [-0.4, -0.2) is 9.78 Å². The normalized spacial score (nSPS) is 12.4. The molecule has 0 aliphatic carbocycles. The molecule has 1 unspecified atom stereocenters. The van der Waals surface area contributed by atoms with E-state index in [1.54, 1.807) is 0 Å². The maximum absolute atomic E-state index is 5.73. The van der Waals surface area contributed by atoms with Crippen LogP contribution >= 0.6 is 0 Å². The zero-order valence-electron chi connectivity index (χ0n) is 11.5. The van der Waals surface area contributed by atoms with Gasteiger partial charge in [-0.15, -0.1) is 0 Å². The Morgan fingerprint density at radius 3 is 2.95 bits per heavy atom. The van der Waals surface area contributed by atoms with E-state index in [9.17, 15) is 0 Å². The van der Waals surface area contributed by atoms with Gasteiger partial charge in [-0.05, 0) is 37.1 Å². The lowest BCUT2D eigenvalue weighted by atomic mass is 10.2. The molecule has 1 aromatic heterocycles. The molecule has 0 aliphatic heterocycles. The highest BCUT2D eigenvalue weighted by Crippen LogP contribution is 2.15. The van der Waals surface area contributed by atoms with Crippen molar-refractivity contribution in [1.29, 1.82) is 0 Å².